The van der Waals surface area contributed by atoms with Crippen molar-refractivity contribution in [3.63, 3.8) is 0 Å². The average molecular weight is 413 g/mol. The minimum atomic E-state index is 1.01. The highest BCUT2D eigenvalue weighted by atomic mass is 15.0. The molecule has 0 aliphatic rings. The molecule has 0 spiro atoms. The molecule has 4 heterocycles. The van der Waals surface area contributed by atoms with E-state index in [2.05, 4.69) is 49.8 Å². The Morgan fingerprint density at radius 1 is 0.567 bits per heavy atom. The van der Waals surface area contributed by atoms with Crippen molar-refractivity contribution in [1.82, 2.24) is 38.2 Å². The summed E-state index contributed by atoms with van der Waals surface area (Å²) in [6, 6.07) is 0. The maximum absolute atomic E-state index is 3.94. The molecule has 8 nitrogen and oxygen atoms in total. The lowest BCUT2D eigenvalue weighted by atomic mass is 10.3. The zero-order chi connectivity index (χ0) is 21.9. The molecule has 0 bridgehead atoms. The molecule has 4 aromatic rings. The number of hydrogen-bond donors (Lipinski definition) is 0. The Morgan fingerprint density at radius 2 is 1.07 bits per heavy atom. The second-order valence-electron chi connectivity index (χ2n) is 6.58. The molecule has 0 aromatic carbocycles. The van der Waals surface area contributed by atoms with Crippen LogP contribution in [-0.2, 0) is 26.7 Å². The molecule has 4 rings (SSSR count). The number of aromatic nitrogens is 8. The molecule has 0 aliphatic carbocycles. The predicted octanol–water partition coefficient (Wildman–Crippen LogP) is 4.30. The van der Waals surface area contributed by atoms with Gasteiger partial charge in [0.25, 0.3) is 0 Å². The van der Waals surface area contributed by atoms with E-state index in [0.717, 1.165) is 19.6 Å². The third-order valence-corrected chi connectivity index (χ3v) is 3.93. The van der Waals surface area contributed by atoms with Crippen molar-refractivity contribution < 1.29 is 0 Å². The van der Waals surface area contributed by atoms with Gasteiger partial charge in [0, 0.05) is 76.3 Å². The molecule has 30 heavy (non-hydrogen) atoms. The van der Waals surface area contributed by atoms with Gasteiger partial charge in [-0.3, -0.25) is 0 Å². The summed E-state index contributed by atoms with van der Waals surface area (Å²) in [7, 11) is 1.94. The molecule has 4 aromatic heterocycles. The van der Waals surface area contributed by atoms with Crippen molar-refractivity contribution in [1.29, 1.82) is 0 Å². The smallest absolute Gasteiger partial charge is 0.0945 e. The Kier molecular flexibility index (Phi) is 13.9. The molecule has 8 heteroatoms. The van der Waals surface area contributed by atoms with Gasteiger partial charge in [0.1, 0.15) is 0 Å². The molecule has 0 N–H and O–H groups in total. The fourth-order valence-corrected chi connectivity index (χ4v) is 2.24. The van der Waals surface area contributed by atoms with E-state index in [1.165, 1.54) is 19.3 Å². The van der Waals surface area contributed by atoms with E-state index in [4.69, 9.17) is 0 Å². The van der Waals surface area contributed by atoms with Crippen LogP contribution in [0.1, 0.15) is 40.0 Å². The minimum Gasteiger partial charge on any atom is -0.341 e. The van der Waals surface area contributed by atoms with Gasteiger partial charge in [-0.1, -0.05) is 20.3 Å². The van der Waals surface area contributed by atoms with Gasteiger partial charge >= 0.3 is 0 Å². The predicted molar refractivity (Wildman–Crippen MR) is 121 cm³/mol. The molecule has 164 valence electrons. The number of nitrogens with zero attached hydrogens (tertiary/aromatic N) is 8. The molecule has 0 aliphatic heterocycles. The summed E-state index contributed by atoms with van der Waals surface area (Å²) in [5.41, 5.74) is 0. The second-order valence-corrected chi connectivity index (χ2v) is 6.58. The summed E-state index contributed by atoms with van der Waals surface area (Å²) in [5, 5.41) is 0. The Bertz CT molecular complexity index is 788. The molecule has 0 radical (unpaired) electrons. The standard InChI is InChI=1S/C7H12N2.C6H10N2.C5H8N2.C4H6N2/c1-2-3-5-9-6-4-8-7-9;1-2-4-8-5-3-7-6-8;1-2-7-4-3-6-5-7;1-6-3-2-5-4-6/h4,6-7H,2-3,5H2,1H3;3,5-6H,2,4H2,1H3;3-5H,2H2,1H3;2-4H,1H3. The summed E-state index contributed by atoms with van der Waals surface area (Å²) in [6.07, 6.45) is 25.9. The molecule has 0 fully saturated rings. The van der Waals surface area contributed by atoms with Gasteiger partial charge in [-0.15, -0.1) is 0 Å². The Labute approximate surface area is 180 Å². The van der Waals surface area contributed by atoms with Gasteiger partial charge in [-0.05, 0) is 19.8 Å². The fraction of sp³-hybridized carbons (Fsp3) is 0.455. The average Bonchev–Trinajstić information content (AvgIpc) is 3.57. The molecule has 0 saturated carbocycles. The van der Waals surface area contributed by atoms with Gasteiger partial charge in [0.05, 0.1) is 25.3 Å². The first kappa shape index (κ1) is 24.9. The Morgan fingerprint density at radius 3 is 1.37 bits per heavy atom. The first-order valence-electron chi connectivity index (χ1n) is 10.5. The van der Waals surface area contributed by atoms with Crippen LogP contribution in [0.5, 0.6) is 0 Å². The van der Waals surface area contributed by atoms with Crippen LogP contribution in [0.2, 0.25) is 0 Å². The Balaban J connectivity index is 0.000000202. The first-order chi connectivity index (χ1) is 14.7. The second kappa shape index (κ2) is 16.8. The van der Waals surface area contributed by atoms with Crippen molar-refractivity contribution in [2.45, 2.75) is 59.7 Å². The van der Waals surface area contributed by atoms with E-state index in [0.29, 0.717) is 0 Å². The molecule has 0 atom stereocenters. The van der Waals surface area contributed by atoms with E-state index < -0.39 is 0 Å². The van der Waals surface area contributed by atoms with Gasteiger partial charge < -0.3 is 18.3 Å². The topological polar surface area (TPSA) is 71.3 Å². The molecule has 0 amide bonds. The largest absolute Gasteiger partial charge is 0.341 e. The third-order valence-electron chi connectivity index (χ3n) is 3.93. The van der Waals surface area contributed by atoms with E-state index in [9.17, 15) is 0 Å². The van der Waals surface area contributed by atoms with Crippen molar-refractivity contribution in [2.24, 2.45) is 7.05 Å². The SMILES string of the molecule is CCCCn1ccnc1.CCCn1ccnc1.CCn1ccnc1.Cn1ccnc1. The van der Waals surface area contributed by atoms with Crippen LogP contribution in [0.25, 0.3) is 0 Å². The Hall–Kier alpha value is -3.16. The maximum Gasteiger partial charge on any atom is 0.0945 e. The van der Waals surface area contributed by atoms with Crippen LogP contribution in [0.4, 0.5) is 0 Å². The van der Waals surface area contributed by atoms with E-state index in [1.54, 1.807) is 31.2 Å². The lowest BCUT2D eigenvalue weighted by Gasteiger charge is -1.96. The fourth-order valence-electron chi connectivity index (χ4n) is 2.24. The number of aryl methyl sites for hydroxylation is 4. The van der Waals surface area contributed by atoms with E-state index in [-0.39, 0.29) is 0 Å². The summed E-state index contributed by atoms with van der Waals surface area (Å²) >= 11 is 0. The van der Waals surface area contributed by atoms with Crippen LogP contribution in [0.3, 0.4) is 0 Å². The highest BCUT2D eigenvalue weighted by Crippen LogP contribution is 1.92. The number of unbranched alkanes of at least 4 members (excludes halogenated alkanes) is 1. The van der Waals surface area contributed by atoms with Crippen molar-refractivity contribution in [3.05, 3.63) is 74.9 Å². The summed E-state index contributed by atoms with van der Waals surface area (Å²) in [4.78, 5) is 15.5. The zero-order valence-corrected chi connectivity index (χ0v) is 18.7. The number of imidazole rings is 4. The summed E-state index contributed by atoms with van der Waals surface area (Å²) in [6.45, 7) is 9.63. The quantitative estimate of drug-likeness (QED) is 0.473. The minimum absolute atomic E-state index is 1.01. The normalized spacial score (nSPS) is 9.47. The van der Waals surface area contributed by atoms with Crippen molar-refractivity contribution in [3.8, 4) is 0 Å². The lowest BCUT2D eigenvalue weighted by molar-refractivity contribution is 0.631. The van der Waals surface area contributed by atoms with Gasteiger partial charge in [0.15, 0.2) is 0 Å². The van der Waals surface area contributed by atoms with Crippen LogP contribution in [0.15, 0.2) is 74.9 Å². The van der Waals surface area contributed by atoms with Crippen LogP contribution in [-0.4, -0.2) is 38.2 Å². The van der Waals surface area contributed by atoms with Gasteiger partial charge in [-0.2, -0.15) is 0 Å². The molecule has 0 unspecified atom stereocenters. The zero-order valence-electron chi connectivity index (χ0n) is 18.7. The molecular weight excluding hydrogens is 376 g/mol. The van der Waals surface area contributed by atoms with Crippen LogP contribution < -0.4 is 0 Å². The van der Waals surface area contributed by atoms with Gasteiger partial charge in [0.2, 0.25) is 0 Å². The van der Waals surface area contributed by atoms with E-state index >= 15 is 0 Å². The van der Waals surface area contributed by atoms with Crippen LogP contribution >= 0.6 is 0 Å². The summed E-state index contributed by atoms with van der Waals surface area (Å²) in [5.74, 6) is 0. The highest BCUT2D eigenvalue weighted by Gasteiger charge is 1.85. The molecule has 0 saturated heterocycles. The lowest BCUT2D eigenvalue weighted by Crippen LogP contribution is -1.92. The highest BCUT2D eigenvalue weighted by molar-refractivity contribution is 4.74. The van der Waals surface area contributed by atoms with E-state index in [1.807, 2.05) is 59.8 Å². The van der Waals surface area contributed by atoms with Gasteiger partial charge in [-0.25, -0.2) is 19.9 Å². The number of rotatable bonds is 6. The third kappa shape index (κ3) is 12.3. The summed E-state index contributed by atoms with van der Waals surface area (Å²) < 4.78 is 8.07. The van der Waals surface area contributed by atoms with Crippen LogP contribution in [0, 0.1) is 0 Å². The van der Waals surface area contributed by atoms with Crippen molar-refractivity contribution in [2.75, 3.05) is 0 Å². The molecular formula is C22H36N8. The van der Waals surface area contributed by atoms with Crippen molar-refractivity contribution >= 4 is 0 Å². The monoisotopic (exact) mass is 412 g/mol. The first-order valence-corrected chi connectivity index (χ1v) is 10.5. The maximum atomic E-state index is 3.94. The number of hydrogen-bond acceptors (Lipinski definition) is 4.